The van der Waals surface area contributed by atoms with E-state index in [2.05, 4.69) is 31.9 Å². The average molecular weight is 325 g/mol. The summed E-state index contributed by atoms with van der Waals surface area (Å²) in [7, 11) is 2.01. The molecule has 4 nitrogen and oxygen atoms in total. The third kappa shape index (κ3) is 3.81. The molecule has 0 radical (unpaired) electrons. The molecule has 0 spiro atoms. The number of aromatic nitrogens is 1. The van der Waals surface area contributed by atoms with Gasteiger partial charge >= 0.3 is 5.97 Å². The lowest BCUT2D eigenvalue weighted by molar-refractivity contribution is -0.137. The van der Waals surface area contributed by atoms with Crippen LogP contribution in [0.25, 0.3) is 10.9 Å². The van der Waals surface area contributed by atoms with E-state index in [-0.39, 0.29) is 6.42 Å². The molecule has 2 N–H and O–H groups in total. The Labute approximate surface area is 120 Å². The summed E-state index contributed by atoms with van der Waals surface area (Å²) in [6, 6.07) is 6.17. The van der Waals surface area contributed by atoms with Crippen LogP contribution in [-0.4, -0.2) is 34.6 Å². The maximum Gasteiger partial charge on any atom is 0.303 e. The summed E-state index contributed by atoms with van der Waals surface area (Å²) in [4.78, 5) is 15.9. The number of hydrogen-bond donors (Lipinski definition) is 2. The van der Waals surface area contributed by atoms with Gasteiger partial charge in [-0.15, -0.1) is 0 Å². The van der Waals surface area contributed by atoms with E-state index < -0.39 is 5.97 Å². The standard InChI is InChI=1S/C14H17BrN2O2/c1-17(6-2-3-14(18)19)9-10-8-16-13-5-4-11(15)7-12(10)13/h4-5,7-8,16H,2-3,6,9H2,1H3,(H,18,19). The number of carbonyl (C=O) groups is 1. The first kappa shape index (κ1) is 14.1. The third-order valence-electron chi connectivity index (χ3n) is 3.10. The Balaban J connectivity index is 2.00. The van der Waals surface area contributed by atoms with Gasteiger partial charge in [-0.1, -0.05) is 15.9 Å². The van der Waals surface area contributed by atoms with Crippen molar-refractivity contribution in [2.75, 3.05) is 13.6 Å². The molecule has 0 saturated heterocycles. The average Bonchev–Trinajstić information content (AvgIpc) is 2.71. The Hall–Kier alpha value is -1.33. The number of H-pyrrole nitrogens is 1. The smallest absolute Gasteiger partial charge is 0.303 e. The number of aromatic amines is 1. The summed E-state index contributed by atoms with van der Waals surface area (Å²) in [5.74, 6) is -0.732. The first-order chi connectivity index (χ1) is 9.06. The minimum absolute atomic E-state index is 0.226. The predicted molar refractivity (Wildman–Crippen MR) is 79.2 cm³/mol. The Bertz CT molecular complexity index is 580. The lowest BCUT2D eigenvalue weighted by Crippen LogP contribution is -2.19. The number of nitrogens with one attached hydrogen (secondary N) is 1. The first-order valence-electron chi connectivity index (χ1n) is 6.22. The lowest BCUT2D eigenvalue weighted by atomic mass is 10.1. The number of fused-ring (bicyclic) bond motifs is 1. The highest BCUT2D eigenvalue weighted by Crippen LogP contribution is 2.23. The number of halogens is 1. The van der Waals surface area contributed by atoms with E-state index in [4.69, 9.17) is 5.11 Å². The lowest BCUT2D eigenvalue weighted by Gasteiger charge is -2.15. The normalized spacial score (nSPS) is 11.3. The number of benzene rings is 1. The molecule has 5 heteroatoms. The minimum Gasteiger partial charge on any atom is -0.481 e. The highest BCUT2D eigenvalue weighted by molar-refractivity contribution is 9.10. The van der Waals surface area contributed by atoms with Gasteiger partial charge in [-0.2, -0.15) is 0 Å². The molecule has 1 heterocycles. The van der Waals surface area contributed by atoms with Gasteiger partial charge < -0.3 is 15.0 Å². The summed E-state index contributed by atoms with van der Waals surface area (Å²) in [5.41, 5.74) is 2.35. The molecule has 102 valence electrons. The quantitative estimate of drug-likeness (QED) is 0.857. The van der Waals surface area contributed by atoms with E-state index in [9.17, 15) is 4.79 Å². The van der Waals surface area contributed by atoms with Gasteiger partial charge in [-0.05, 0) is 43.8 Å². The molecule has 19 heavy (non-hydrogen) atoms. The van der Waals surface area contributed by atoms with E-state index in [1.54, 1.807) is 0 Å². The fourth-order valence-electron chi connectivity index (χ4n) is 2.15. The molecule has 0 saturated carbocycles. The second-order valence-corrected chi connectivity index (χ2v) is 5.65. The number of aliphatic carboxylic acids is 1. The van der Waals surface area contributed by atoms with Crippen LogP contribution in [0.1, 0.15) is 18.4 Å². The van der Waals surface area contributed by atoms with Crippen molar-refractivity contribution in [1.29, 1.82) is 0 Å². The molecule has 1 aromatic carbocycles. The van der Waals surface area contributed by atoms with Crippen molar-refractivity contribution in [3.8, 4) is 0 Å². The van der Waals surface area contributed by atoms with Gasteiger partial charge in [0.15, 0.2) is 0 Å². The zero-order chi connectivity index (χ0) is 13.8. The Morgan fingerprint density at radius 3 is 3.00 bits per heavy atom. The Kier molecular flexibility index (Phi) is 4.61. The Morgan fingerprint density at radius 1 is 1.47 bits per heavy atom. The predicted octanol–water partition coefficient (Wildman–Crippen LogP) is 3.23. The zero-order valence-electron chi connectivity index (χ0n) is 10.8. The second-order valence-electron chi connectivity index (χ2n) is 4.74. The minimum atomic E-state index is -0.732. The SMILES string of the molecule is CN(CCCC(=O)O)Cc1c[nH]c2ccc(Br)cc12. The highest BCUT2D eigenvalue weighted by atomic mass is 79.9. The van der Waals surface area contributed by atoms with Gasteiger partial charge in [-0.3, -0.25) is 4.79 Å². The second kappa shape index (κ2) is 6.21. The van der Waals surface area contributed by atoms with E-state index in [1.165, 1.54) is 10.9 Å². The van der Waals surface area contributed by atoms with Crippen LogP contribution in [-0.2, 0) is 11.3 Å². The van der Waals surface area contributed by atoms with Crippen molar-refractivity contribution in [1.82, 2.24) is 9.88 Å². The molecule has 2 rings (SSSR count). The number of rotatable bonds is 6. The molecule has 0 amide bonds. The van der Waals surface area contributed by atoms with E-state index in [0.717, 1.165) is 23.1 Å². The monoisotopic (exact) mass is 324 g/mol. The maximum atomic E-state index is 10.5. The van der Waals surface area contributed by atoms with E-state index >= 15 is 0 Å². The number of hydrogen-bond acceptors (Lipinski definition) is 2. The van der Waals surface area contributed by atoms with Crippen LogP contribution in [0.5, 0.6) is 0 Å². The number of nitrogens with zero attached hydrogens (tertiary/aromatic N) is 1. The highest BCUT2D eigenvalue weighted by Gasteiger charge is 2.07. The molecule has 0 fully saturated rings. The van der Waals surface area contributed by atoms with Gasteiger partial charge in [0, 0.05) is 34.5 Å². The molecule has 0 aliphatic heterocycles. The summed E-state index contributed by atoms with van der Waals surface area (Å²) in [6.07, 6.45) is 2.92. The molecular weight excluding hydrogens is 308 g/mol. The van der Waals surface area contributed by atoms with Crippen molar-refractivity contribution in [2.24, 2.45) is 0 Å². The van der Waals surface area contributed by atoms with Gasteiger partial charge in [0.2, 0.25) is 0 Å². The van der Waals surface area contributed by atoms with E-state index in [0.29, 0.717) is 6.42 Å². The Morgan fingerprint density at radius 2 is 2.26 bits per heavy atom. The first-order valence-corrected chi connectivity index (χ1v) is 7.01. The third-order valence-corrected chi connectivity index (χ3v) is 3.59. The molecular formula is C14H17BrN2O2. The molecule has 0 aliphatic carbocycles. The van der Waals surface area contributed by atoms with Gasteiger partial charge in [-0.25, -0.2) is 0 Å². The van der Waals surface area contributed by atoms with Crippen molar-refractivity contribution < 1.29 is 9.90 Å². The van der Waals surface area contributed by atoms with Crippen LogP contribution < -0.4 is 0 Å². The van der Waals surface area contributed by atoms with E-state index in [1.807, 2.05) is 25.4 Å². The van der Waals surface area contributed by atoms with Crippen LogP contribution in [0.4, 0.5) is 0 Å². The number of carboxylic acids is 1. The maximum absolute atomic E-state index is 10.5. The number of carboxylic acid groups (broad SMARTS) is 1. The van der Waals surface area contributed by atoms with Gasteiger partial charge in [0.25, 0.3) is 0 Å². The van der Waals surface area contributed by atoms with Gasteiger partial charge in [0.05, 0.1) is 0 Å². The van der Waals surface area contributed by atoms with Crippen molar-refractivity contribution in [3.63, 3.8) is 0 Å². The molecule has 1 aromatic heterocycles. The molecule has 2 aromatic rings. The zero-order valence-corrected chi connectivity index (χ0v) is 12.4. The molecule has 0 aliphatic rings. The summed E-state index contributed by atoms with van der Waals surface area (Å²) < 4.78 is 1.06. The van der Waals surface area contributed by atoms with Crippen molar-refractivity contribution >= 4 is 32.8 Å². The fraction of sp³-hybridized carbons (Fsp3) is 0.357. The van der Waals surface area contributed by atoms with Crippen LogP contribution in [0.2, 0.25) is 0 Å². The van der Waals surface area contributed by atoms with Crippen LogP contribution in [0.3, 0.4) is 0 Å². The summed E-state index contributed by atoms with van der Waals surface area (Å²) >= 11 is 3.48. The molecule has 0 bridgehead atoms. The fourth-order valence-corrected chi connectivity index (χ4v) is 2.51. The topological polar surface area (TPSA) is 56.3 Å². The largest absolute Gasteiger partial charge is 0.481 e. The molecule has 0 unspecified atom stereocenters. The van der Waals surface area contributed by atoms with Gasteiger partial charge in [0.1, 0.15) is 0 Å². The van der Waals surface area contributed by atoms with Crippen LogP contribution in [0, 0.1) is 0 Å². The summed E-state index contributed by atoms with van der Waals surface area (Å²) in [6.45, 7) is 1.60. The van der Waals surface area contributed by atoms with Crippen LogP contribution >= 0.6 is 15.9 Å². The summed E-state index contributed by atoms with van der Waals surface area (Å²) in [5, 5.41) is 9.83. The van der Waals surface area contributed by atoms with Crippen molar-refractivity contribution in [3.05, 3.63) is 34.4 Å². The van der Waals surface area contributed by atoms with Crippen LogP contribution in [0.15, 0.2) is 28.9 Å². The van der Waals surface area contributed by atoms with Crippen molar-refractivity contribution in [2.45, 2.75) is 19.4 Å². The molecule has 0 atom stereocenters.